The van der Waals surface area contributed by atoms with Crippen molar-refractivity contribution in [3.8, 4) is 0 Å². The molecule has 1 amide bonds. The van der Waals surface area contributed by atoms with Crippen molar-refractivity contribution >= 4 is 16.8 Å². The molecule has 3 nitrogen and oxygen atoms in total. The molecule has 0 saturated carbocycles. The maximum absolute atomic E-state index is 12.3. The van der Waals surface area contributed by atoms with E-state index in [1.165, 1.54) is 0 Å². The van der Waals surface area contributed by atoms with Crippen LogP contribution in [0.1, 0.15) is 38.1 Å². The summed E-state index contributed by atoms with van der Waals surface area (Å²) in [7, 11) is 0. The third kappa shape index (κ3) is 2.40. The first-order valence-corrected chi connectivity index (χ1v) is 6.26. The van der Waals surface area contributed by atoms with Gasteiger partial charge in [0.2, 0.25) is 0 Å². The number of nitrogens with one attached hydrogen (secondary N) is 2. The molecule has 2 rings (SSSR count). The Labute approximate surface area is 108 Å². The molecule has 0 aliphatic rings. The molecule has 1 atom stereocenters. The van der Waals surface area contributed by atoms with Crippen LogP contribution in [-0.2, 0) is 0 Å². The van der Waals surface area contributed by atoms with E-state index >= 15 is 0 Å². The van der Waals surface area contributed by atoms with Crippen molar-refractivity contribution in [3.63, 3.8) is 0 Å². The van der Waals surface area contributed by atoms with E-state index in [9.17, 15) is 4.79 Å². The highest BCUT2D eigenvalue weighted by atomic mass is 16.1. The van der Waals surface area contributed by atoms with Gasteiger partial charge in [0.05, 0.1) is 11.1 Å². The number of rotatable bonds is 2. The first kappa shape index (κ1) is 12.7. The highest BCUT2D eigenvalue weighted by Crippen LogP contribution is 2.21. The summed E-state index contributed by atoms with van der Waals surface area (Å²) in [6.07, 6.45) is 1.86. The second-order valence-electron chi connectivity index (χ2n) is 5.81. The number of para-hydroxylation sites is 1. The van der Waals surface area contributed by atoms with Crippen LogP contribution >= 0.6 is 0 Å². The zero-order valence-corrected chi connectivity index (χ0v) is 11.4. The van der Waals surface area contributed by atoms with E-state index in [0.717, 1.165) is 10.9 Å². The maximum atomic E-state index is 12.3. The van der Waals surface area contributed by atoms with Crippen molar-refractivity contribution in [2.75, 3.05) is 0 Å². The molecule has 2 aromatic rings. The summed E-state index contributed by atoms with van der Waals surface area (Å²) in [5, 5.41) is 4.12. The van der Waals surface area contributed by atoms with Gasteiger partial charge in [0.25, 0.3) is 5.91 Å². The number of aromatic nitrogens is 1. The SMILES string of the molecule is CC(NC(=O)c1cccc2cc[nH]c12)C(C)(C)C. The normalized spacial score (nSPS) is 13.6. The fraction of sp³-hybridized carbons (Fsp3) is 0.400. The van der Waals surface area contributed by atoms with Crippen LogP contribution in [0.2, 0.25) is 0 Å². The third-order valence-corrected chi connectivity index (χ3v) is 3.48. The number of carbonyl (C=O) groups is 1. The lowest BCUT2D eigenvalue weighted by Crippen LogP contribution is -2.41. The van der Waals surface area contributed by atoms with Crippen molar-refractivity contribution in [1.29, 1.82) is 0 Å². The van der Waals surface area contributed by atoms with Crippen molar-refractivity contribution in [1.82, 2.24) is 10.3 Å². The molecule has 1 aromatic carbocycles. The molecule has 2 N–H and O–H groups in total. The molecular weight excluding hydrogens is 224 g/mol. The summed E-state index contributed by atoms with van der Waals surface area (Å²) in [6.45, 7) is 8.39. The predicted molar refractivity (Wildman–Crippen MR) is 74.7 cm³/mol. The predicted octanol–water partition coefficient (Wildman–Crippen LogP) is 3.33. The number of hydrogen-bond donors (Lipinski definition) is 2. The van der Waals surface area contributed by atoms with Gasteiger partial charge >= 0.3 is 0 Å². The van der Waals surface area contributed by atoms with Gasteiger partial charge in [-0.25, -0.2) is 0 Å². The number of fused-ring (bicyclic) bond motifs is 1. The molecule has 0 saturated heterocycles. The number of hydrogen-bond acceptors (Lipinski definition) is 1. The lowest BCUT2D eigenvalue weighted by Gasteiger charge is -2.28. The van der Waals surface area contributed by atoms with Gasteiger partial charge in [0, 0.05) is 17.6 Å². The molecule has 96 valence electrons. The monoisotopic (exact) mass is 244 g/mol. The van der Waals surface area contributed by atoms with Gasteiger partial charge in [-0.3, -0.25) is 4.79 Å². The quantitative estimate of drug-likeness (QED) is 0.836. The summed E-state index contributed by atoms with van der Waals surface area (Å²) < 4.78 is 0. The standard InChI is InChI=1S/C15H20N2O/c1-10(15(2,3)4)17-14(18)12-7-5-6-11-8-9-16-13(11)12/h5-10,16H,1-4H3,(H,17,18). The van der Waals surface area contributed by atoms with Crippen molar-refractivity contribution in [3.05, 3.63) is 36.0 Å². The number of H-pyrrole nitrogens is 1. The Kier molecular flexibility index (Phi) is 3.16. The summed E-state index contributed by atoms with van der Waals surface area (Å²) in [6, 6.07) is 7.85. The fourth-order valence-electron chi connectivity index (χ4n) is 1.77. The number of aromatic amines is 1. The van der Waals surface area contributed by atoms with Gasteiger partial charge < -0.3 is 10.3 Å². The number of benzene rings is 1. The van der Waals surface area contributed by atoms with Gasteiger partial charge in [-0.1, -0.05) is 32.9 Å². The largest absolute Gasteiger partial charge is 0.361 e. The molecule has 18 heavy (non-hydrogen) atoms. The van der Waals surface area contributed by atoms with Crippen LogP contribution in [-0.4, -0.2) is 16.9 Å². The van der Waals surface area contributed by atoms with E-state index < -0.39 is 0 Å². The second kappa shape index (κ2) is 4.48. The zero-order chi connectivity index (χ0) is 13.3. The Balaban J connectivity index is 2.27. The first-order valence-electron chi connectivity index (χ1n) is 6.26. The van der Waals surface area contributed by atoms with Crippen LogP contribution < -0.4 is 5.32 Å². The van der Waals surface area contributed by atoms with Crippen molar-refractivity contribution < 1.29 is 4.79 Å². The molecule has 0 bridgehead atoms. The molecule has 3 heteroatoms. The summed E-state index contributed by atoms with van der Waals surface area (Å²) in [4.78, 5) is 15.4. The molecule has 0 spiro atoms. The average molecular weight is 244 g/mol. The van der Waals surface area contributed by atoms with Crippen LogP contribution in [0.4, 0.5) is 0 Å². The zero-order valence-electron chi connectivity index (χ0n) is 11.4. The maximum Gasteiger partial charge on any atom is 0.253 e. The van der Waals surface area contributed by atoms with E-state index in [0.29, 0.717) is 5.56 Å². The molecule has 1 unspecified atom stereocenters. The Morgan fingerprint density at radius 2 is 2.00 bits per heavy atom. The molecule has 0 aliphatic heterocycles. The van der Waals surface area contributed by atoms with Crippen LogP contribution in [0.15, 0.2) is 30.5 Å². The van der Waals surface area contributed by atoms with Crippen molar-refractivity contribution in [2.24, 2.45) is 5.41 Å². The van der Waals surface area contributed by atoms with Crippen LogP contribution in [0.25, 0.3) is 10.9 Å². The summed E-state index contributed by atoms with van der Waals surface area (Å²) in [5.41, 5.74) is 1.66. The van der Waals surface area contributed by atoms with Gasteiger partial charge in [-0.2, -0.15) is 0 Å². The Morgan fingerprint density at radius 3 is 2.67 bits per heavy atom. The Bertz CT molecular complexity index is 563. The molecular formula is C15H20N2O. The summed E-state index contributed by atoms with van der Waals surface area (Å²) in [5.74, 6) is -0.0227. The van der Waals surface area contributed by atoms with E-state index in [-0.39, 0.29) is 17.4 Å². The fourth-order valence-corrected chi connectivity index (χ4v) is 1.77. The van der Waals surface area contributed by atoms with E-state index in [2.05, 4.69) is 31.1 Å². The first-order chi connectivity index (χ1) is 8.39. The minimum atomic E-state index is -0.0227. The Morgan fingerprint density at radius 1 is 1.28 bits per heavy atom. The molecule has 0 radical (unpaired) electrons. The molecule has 0 aliphatic carbocycles. The highest BCUT2D eigenvalue weighted by molar-refractivity contribution is 6.05. The molecule has 1 aromatic heterocycles. The van der Waals surface area contributed by atoms with Gasteiger partial charge in [0.1, 0.15) is 0 Å². The third-order valence-electron chi connectivity index (χ3n) is 3.48. The number of amides is 1. The van der Waals surface area contributed by atoms with Crippen LogP contribution in [0.3, 0.4) is 0 Å². The topological polar surface area (TPSA) is 44.9 Å². The lowest BCUT2D eigenvalue weighted by molar-refractivity contribution is 0.0911. The van der Waals surface area contributed by atoms with Gasteiger partial charge in [-0.05, 0) is 24.5 Å². The molecule has 0 fully saturated rings. The van der Waals surface area contributed by atoms with Crippen LogP contribution in [0.5, 0.6) is 0 Å². The lowest BCUT2D eigenvalue weighted by atomic mass is 9.88. The minimum Gasteiger partial charge on any atom is -0.361 e. The Hall–Kier alpha value is -1.77. The second-order valence-corrected chi connectivity index (χ2v) is 5.81. The van der Waals surface area contributed by atoms with E-state index in [1.807, 2.05) is 37.4 Å². The van der Waals surface area contributed by atoms with Crippen molar-refractivity contribution in [2.45, 2.75) is 33.7 Å². The molecule has 1 heterocycles. The van der Waals surface area contributed by atoms with E-state index in [1.54, 1.807) is 0 Å². The highest BCUT2D eigenvalue weighted by Gasteiger charge is 2.22. The van der Waals surface area contributed by atoms with Gasteiger partial charge in [-0.15, -0.1) is 0 Å². The number of carbonyl (C=O) groups excluding carboxylic acids is 1. The minimum absolute atomic E-state index is 0.0227. The van der Waals surface area contributed by atoms with Gasteiger partial charge in [0.15, 0.2) is 0 Å². The van der Waals surface area contributed by atoms with E-state index in [4.69, 9.17) is 0 Å². The smallest absolute Gasteiger partial charge is 0.253 e. The summed E-state index contributed by atoms with van der Waals surface area (Å²) >= 11 is 0. The van der Waals surface area contributed by atoms with Crippen LogP contribution in [0, 0.1) is 5.41 Å². The average Bonchev–Trinajstić information content (AvgIpc) is 2.74.